The molecule has 1 saturated heterocycles. The fraction of sp³-hybridized carbons (Fsp3) is 0.588. The molecule has 2 aromatic rings. The second-order valence-electron chi connectivity index (χ2n) is 6.27. The highest BCUT2D eigenvalue weighted by Gasteiger charge is 2.27. The lowest BCUT2D eigenvalue weighted by molar-refractivity contribution is -0.132. The lowest BCUT2D eigenvalue weighted by Crippen LogP contribution is -2.40. The Bertz CT molecular complexity index is 700. The van der Waals surface area contributed by atoms with Crippen LogP contribution in [0.5, 0.6) is 0 Å². The largest absolute Gasteiger partial charge is 0.383 e. The summed E-state index contributed by atoms with van der Waals surface area (Å²) in [5.41, 5.74) is 0. The predicted octanol–water partition coefficient (Wildman–Crippen LogP) is 2.51. The highest BCUT2D eigenvalue weighted by atomic mass is 35.5. The Morgan fingerprint density at radius 2 is 2.40 bits per heavy atom. The van der Waals surface area contributed by atoms with Gasteiger partial charge in [0.15, 0.2) is 5.15 Å². The molecule has 1 aliphatic heterocycles. The number of carbonyl (C=O) groups excluding carboxylic acids is 1. The summed E-state index contributed by atoms with van der Waals surface area (Å²) in [7, 11) is 1.69. The molecular weight excluding hydrogens is 344 g/mol. The number of methoxy groups -OCH3 is 1. The van der Waals surface area contributed by atoms with Crippen LogP contribution < -0.4 is 0 Å². The first-order valence-electron chi connectivity index (χ1n) is 8.56. The summed E-state index contributed by atoms with van der Waals surface area (Å²) >= 11 is 5.73. The Morgan fingerprint density at radius 1 is 1.52 bits per heavy atom. The Kier molecular flexibility index (Phi) is 6.09. The van der Waals surface area contributed by atoms with E-state index in [0.717, 1.165) is 31.8 Å². The molecule has 1 aliphatic rings. The van der Waals surface area contributed by atoms with Gasteiger partial charge in [-0.15, -0.1) is 0 Å². The van der Waals surface area contributed by atoms with E-state index in [1.54, 1.807) is 13.2 Å². The standard InChI is InChI=1S/C17H23ClN4O3/c1-24-10-9-21-8-6-19-17(21)13-3-2-7-22(12-13)16(23)5-4-14-11-15(18)20-25-14/h6,8,11,13H,2-5,7,9-10,12H2,1H3/t13-/m0/s1. The van der Waals surface area contributed by atoms with Crippen molar-refractivity contribution >= 4 is 17.5 Å². The molecule has 1 amide bonds. The maximum absolute atomic E-state index is 12.5. The van der Waals surface area contributed by atoms with Crippen LogP contribution in [0.3, 0.4) is 0 Å². The van der Waals surface area contributed by atoms with Gasteiger partial charge in [0.05, 0.1) is 6.61 Å². The lowest BCUT2D eigenvalue weighted by atomic mass is 9.96. The minimum absolute atomic E-state index is 0.132. The van der Waals surface area contributed by atoms with Crippen LogP contribution >= 0.6 is 11.6 Å². The SMILES string of the molecule is COCCn1ccnc1[C@H]1CCCN(C(=O)CCc2cc(Cl)no2)C1. The Hall–Kier alpha value is -1.86. The third-order valence-electron chi connectivity index (χ3n) is 4.54. The fourth-order valence-corrected chi connectivity index (χ4v) is 3.42. The average molecular weight is 367 g/mol. The van der Waals surface area contributed by atoms with Gasteiger partial charge in [0.2, 0.25) is 5.91 Å². The van der Waals surface area contributed by atoms with Crippen molar-refractivity contribution in [3.05, 3.63) is 35.2 Å². The molecule has 1 fully saturated rings. The van der Waals surface area contributed by atoms with E-state index < -0.39 is 0 Å². The van der Waals surface area contributed by atoms with Gasteiger partial charge in [-0.25, -0.2) is 4.98 Å². The van der Waals surface area contributed by atoms with Crippen molar-refractivity contribution in [3.63, 3.8) is 0 Å². The van der Waals surface area contributed by atoms with Crippen LogP contribution in [0.1, 0.15) is 36.8 Å². The van der Waals surface area contributed by atoms with Gasteiger partial charge in [-0.1, -0.05) is 16.8 Å². The molecule has 25 heavy (non-hydrogen) atoms. The summed E-state index contributed by atoms with van der Waals surface area (Å²) in [5.74, 6) is 2.08. The molecule has 0 bridgehead atoms. The van der Waals surface area contributed by atoms with Crippen LogP contribution in [0, 0.1) is 0 Å². The number of rotatable bonds is 7. The van der Waals surface area contributed by atoms with Gasteiger partial charge in [-0.05, 0) is 12.8 Å². The zero-order chi connectivity index (χ0) is 17.6. The average Bonchev–Trinajstić information content (AvgIpc) is 3.26. The zero-order valence-electron chi connectivity index (χ0n) is 14.4. The molecule has 0 aliphatic carbocycles. The number of piperidine rings is 1. The lowest BCUT2D eigenvalue weighted by Gasteiger charge is -2.32. The van der Waals surface area contributed by atoms with E-state index in [9.17, 15) is 4.79 Å². The third kappa shape index (κ3) is 4.61. The Labute approximate surface area is 151 Å². The van der Waals surface area contributed by atoms with Crippen molar-refractivity contribution in [2.45, 2.75) is 38.1 Å². The molecule has 2 aromatic heterocycles. The molecule has 0 radical (unpaired) electrons. The van der Waals surface area contributed by atoms with Crippen LogP contribution in [-0.2, 0) is 22.5 Å². The number of hydrogen-bond acceptors (Lipinski definition) is 5. The Morgan fingerprint density at radius 3 is 3.16 bits per heavy atom. The van der Waals surface area contributed by atoms with E-state index in [1.807, 2.05) is 17.3 Å². The smallest absolute Gasteiger partial charge is 0.223 e. The second-order valence-corrected chi connectivity index (χ2v) is 6.65. The first-order valence-corrected chi connectivity index (χ1v) is 8.94. The monoisotopic (exact) mass is 366 g/mol. The van der Waals surface area contributed by atoms with Gasteiger partial charge >= 0.3 is 0 Å². The second kappa shape index (κ2) is 8.49. The first-order chi connectivity index (χ1) is 12.2. The molecule has 0 N–H and O–H groups in total. The molecular formula is C17H23ClN4O3. The van der Waals surface area contributed by atoms with Crippen molar-refractivity contribution in [2.24, 2.45) is 0 Å². The van der Waals surface area contributed by atoms with Gasteiger partial charge < -0.3 is 18.7 Å². The highest BCUT2D eigenvalue weighted by Crippen LogP contribution is 2.26. The molecule has 3 heterocycles. The zero-order valence-corrected chi connectivity index (χ0v) is 15.1. The molecule has 7 nitrogen and oxygen atoms in total. The third-order valence-corrected chi connectivity index (χ3v) is 4.72. The predicted molar refractivity (Wildman–Crippen MR) is 92.5 cm³/mol. The quantitative estimate of drug-likeness (QED) is 0.752. The van der Waals surface area contributed by atoms with Gasteiger partial charge in [-0.2, -0.15) is 0 Å². The maximum atomic E-state index is 12.5. The first kappa shape index (κ1) is 17.9. The molecule has 0 unspecified atom stereocenters. The number of hydrogen-bond donors (Lipinski definition) is 0. The molecule has 0 saturated carbocycles. The number of imidazole rings is 1. The summed E-state index contributed by atoms with van der Waals surface area (Å²) in [6.45, 7) is 2.94. The van der Waals surface area contributed by atoms with E-state index in [-0.39, 0.29) is 11.8 Å². The summed E-state index contributed by atoms with van der Waals surface area (Å²) in [4.78, 5) is 19.0. The normalized spacial score (nSPS) is 17.8. The van der Waals surface area contributed by atoms with E-state index in [0.29, 0.717) is 36.9 Å². The van der Waals surface area contributed by atoms with Gasteiger partial charge in [0.1, 0.15) is 11.6 Å². The number of carbonyl (C=O) groups is 1. The van der Waals surface area contributed by atoms with Crippen LogP contribution in [0.15, 0.2) is 23.0 Å². The van der Waals surface area contributed by atoms with E-state index in [4.69, 9.17) is 20.9 Å². The van der Waals surface area contributed by atoms with Crippen molar-refractivity contribution < 1.29 is 14.1 Å². The number of ether oxygens (including phenoxy) is 1. The topological polar surface area (TPSA) is 73.4 Å². The minimum Gasteiger partial charge on any atom is -0.383 e. The Balaban J connectivity index is 1.57. The molecule has 1 atom stereocenters. The van der Waals surface area contributed by atoms with Crippen LogP contribution in [0.25, 0.3) is 0 Å². The molecule has 3 rings (SSSR count). The number of halogens is 1. The van der Waals surface area contributed by atoms with Crippen molar-refractivity contribution in [3.8, 4) is 0 Å². The van der Waals surface area contributed by atoms with Crippen molar-refractivity contribution in [2.75, 3.05) is 26.8 Å². The number of likely N-dealkylation sites (tertiary alicyclic amines) is 1. The molecule has 8 heteroatoms. The number of amides is 1. The molecule has 136 valence electrons. The van der Waals surface area contributed by atoms with Crippen LogP contribution in [-0.4, -0.2) is 52.3 Å². The van der Waals surface area contributed by atoms with E-state index in [1.165, 1.54) is 0 Å². The number of aryl methyl sites for hydroxylation is 1. The summed E-state index contributed by atoms with van der Waals surface area (Å²) in [5, 5.41) is 3.95. The van der Waals surface area contributed by atoms with Crippen molar-refractivity contribution in [1.29, 1.82) is 0 Å². The molecule has 0 spiro atoms. The van der Waals surface area contributed by atoms with Gasteiger partial charge in [0, 0.05) is 64.0 Å². The van der Waals surface area contributed by atoms with Crippen LogP contribution in [0.4, 0.5) is 0 Å². The van der Waals surface area contributed by atoms with Gasteiger partial charge in [0.25, 0.3) is 0 Å². The fourth-order valence-electron chi connectivity index (χ4n) is 3.27. The number of aromatic nitrogens is 3. The summed E-state index contributed by atoms with van der Waals surface area (Å²) < 4.78 is 12.3. The molecule has 0 aromatic carbocycles. The van der Waals surface area contributed by atoms with E-state index >= 15 is 0 Å². The van der Waals surface area contributed by atoms with Crippen molar-refractivity contribution in [1.82, 2.24) is 19.6 Å². The highest BCUT2D eigenvalue weighted by molar-refractivity contribution is 6.29. The van der Waals surface area contributed by atoms with E-state index in [2.05, 4.69) is 14.7 Å². The summed E-state index contributed by atoms with van der Waals surface area (Å²) in [6.07, 6.45) is 6.74. The summed E-state index contributed by atoms with van der Waals surface area (Å²) in [6, 6.07) is 1.65. The maximum Gasteiger partial charge on any atom is 0.223 e. The van der Waals surface area contributed by atoms with Crippen LogP contribution in [0.2, 0.25) is 5.15 Å². The minimum atomic E-state index is 0.132. The number of nitrogens with zero attached hydrogens (tertiary/aromatic N) is 4. The van der Waals surface area contributed by atoms with Gasteiger partial charge in [-0.3, -0.25) is 4.79 Å².